The van der Waals surface area contributed by atoms with Crippen LogP contribution in [0.3, 0.4) is 0 Å². The Kier molecular flexibility index (Phi) is 8.05. The number of nitrogens with one attached hydrogen (secondary N) is 2. The maximum absolute atomic E-state index is 3.63. The van der Waals surface area contributed by atoms with E-state index in [2.05, 4.69) is 29.4 Å². The van der Waals surface area contributed by atoms with Crippen molar-refractivity contribution >= 4 is 0 Å². The molecule has 2 rings (SSSR count). The molecule has 1 aliphatic carbocycles. The standard InChI is InChI=1S/C18H37N3/c1-16-14-19-10-6-12-21(13-7-11-20-15-16)17(2)18-8-4-3-5-9-18/h16-20H,3-15H2,1-2H3/t17-/m0/s1. The third-order valence-electron chi connectivity index (χ3n) is 5.49. The SMILES string of the molecule is CC1CNCCCN([C@@H](C)C2CCCCC2)CCCNC1. The zero-order valence-corrected chi connectivity index (χ0v) is 14.4. The van der Waals surface area contributed by atoms with E-state index in [0.717, 1.165) is 31.0 Å². The van der Waals surface area contributed by atoms with Gasteiger partial charge in [0.05, 0.1) is 0 Å². The number of hydrogen-bond donors (Lipinski definition) is 2. The van der Waals surface area contributed by atoms with Crippen LogP contribution in [-0.2, 0) is 0 Å². The average Bonchev–Trinajstić information content (AvgIpc) is 2.51. The van der Waals surface area contributed by atoms with Crippen molar-refractivity contribution in [3.63, 3.8) is 0 Å². The van der Waals surface area contributed by atoms with Gasteiger partial charge < -0.3 is 15.5 Å². The third-order valence-corrected chi connectivity index (χ3v) is 5.49. The molecule has 1 aliphatic heterocycles. The van der Waals surface area contributed by atoms with Gasteiger partial charge in [-0.25, -0.2) is 0 Å². The second-order valence-electron chi connectivity index (χ2n) is 7.40. The van der Waals surface area contributed by atoms with Gasteiger partial charge in [0.2, 0.25) is 0 Å². The molecule has 1 atom stereocenters. The number of hydrogen-bond acceptors (Lipinski definition) is 3. The smallest absolute Gasteiger partial charge is 0.00952 e. The average molecular weight is 296 g/mol. The van der Waals surface area contributed by atoms with Crippen molar-refractivity contribution in [2.45, 2.75) is 64.8 Å². The number of nitrogens with zero attached hydrogens (tertiary/aromatic N) is 1. The lowest BCUT2D eigenvalue weighted by molar-refractivity contribution is 0.125. The maximum Gasteiger partial charge on any atom is 0.00952 e. The largest absolute Gasteiger partial charge is 0.316 e. The van der Waals surface area contributed by atoms with Crippen molar-refractivity contribution in [1.82, 2.24) is 15.5 Å². The van der Waals surface area contributed by atoms with Crippen LogP contribution in [0.15, 0.2) is 0 Å². The van der Waals surface area contributed by atoms with E-state index in [9.17, 15) is 0 Å². The second kappa shape index (κ2) is 9.81. The van der Waals surface area contributed by atoms with Gasteiger partial charge in [-0.3, -0.25) is 0 Å². The van der Waals surface area contributed by atoms with Crippen LogP contribution in [0.1, 0.15) is 58.8 Å². The van der Waals surface area contributed by atoms with Gasteiger partial charge in [-0.15, -0.1) is 0 Å². The highest BCUT2D eigenvalue weighted by Crippen LogP contribution is 2.29. The van der Waals surface area contributed by atoms with Gasteiger partial charge in [-0.2, -0.15) is 0 Å². The first kappa shape index (κ1) is 17.2. The van der Waals surface area contributed by atoms with Crippen LogP contribution in [0, 0.1) is 11.8 Å². The molecule has 0 spiro atoms. The van der Waals surface area contributed by atoms with Crippen LogP contribution in [0.4, 0.5) is 0 Å². The van der Waals surface area contributed by atoms with E-state index in [1.807, 2.05) is 0 Å². The van der Waals surface area contributed by atoms with Gasteiger partial charge in [0, 0.05) is 6.04 Å². The van der Waals surface area contributed by atoms with Crippen LogP contribution >= 0.6 is 0 Å². The molecule has 3 heteroatoms. The molecule has 0 aromatic carbocycles. The van der Waals surface area contributed by atoms with Gasteiger partial charge in [0.25, 0.3) is 0 Å². The molecule has 0 aromatic rings. The molecule has 0 bridgehead atoms. The summed E-state index contributed by atoms with van der Waals surface area (Å²) < 4.78 is 0. The highest BCUT2D eigenvalue weighted by molar-refractivity contribution is 4.79. The molecule has 0 unspecified atom stereocenters. The Balaban J connectivity index is 1.81. The van der Waals surface area contributed by atoms with E-state index in [4.69, 9.17) is 0 Å². The molecule has 21 heavy (non-hydrogen) atoms. The van der Waals surface area contributed by atoms with Gasteiger partial charge >= 0.3 is 0 Å². The molecule has 0 radical (unpaired) electrons. The second-order valence-corrected chi connectivity index (χ2v) is 7.40. The van der Waals surface area contributed by atoms with Crippen molar-refractivity contribution in [2.75, 3.05) is 39.3 Å². The first-order valence-corrected chi connectivity index (χ1v) is 9.43. The Morgan fingerprint density at radius 2 is 1.43 bits per heavy atom. The molecule has 1 heterocycles. The first-order chi connectivity index (χ1) is 10.3. The molecule has 3 nitrogen and oxygen atoms in total. The molecule has 1 saturated carbocycles. The molecule has 1 saturated heterocycles. The Morgan fingerprint density at radius 3 is 2.00 bits per heavy atom. The summed E-state index contributed by atoms with van der Waals surface area (Å²) in [5.41, 5.74) is 0. The Bertz CT molecular complexity index is 249. The summed E-state index contributed by atoms with van der Waals surface area (Å²) in [6.45, 7) is 12.1. The molecular formula is C18H37N3. The van der Waals surface area contributed by atoms with Crippen LogP contribution in [0.5, 0.6) is 0 Å². The normalized spacial score (nSPS) is 27.7. The fourth-order valence-electron chi connectivity index (χ4n) is 4.02. The van der Waals surface area contributed by atoms with Crippen molar-refractivity contribution in [3.05, 3.63) is 0 Å². The van der Waals surface area contributed by atoms with E-state index >= 15 is 0 Å². The van der Waals surface area contributed by atoms with Crippen molar-refractivity contribution < 1.29 is 0 Å². The lowest BCUT2D eigenvalue weighted by Crippen LogP contribution is -2.43. The van der Waals surface area contributed by atoms with Crippen LogP contribution < -0.4 is 10.6 Å². The number of rotatable bonds is 2. The van der Waals surface area contributed by atoms with Crippen molar-refractivity contribution in [3.8, 4) is 0 Å². The lowest BCUT2D eigenvalue weighted by Gasteiger charge is -2.37. The minimum Gasteiger partial charge on any atom is -0.316 e. The minimum absolute atomic E-state index is 0.752. The Labute approximate surface area is 132 Å². The summed E-state index contributed by atoms with van der Waals surface area (Å²) in [6, 6.07) is 0.784. The van der Waals surface area contributed by atoms with E-state index in [1.54, 1.807) is 0 Å². The van der Waals surface area contributed by atoms with E-state index in [0.29, 0.717) is 0 Å². The van der Waals surface area contributed by atoms with Gasteiger partial charge in [-0.1, -0.05) is 26.2 Å². The topological polar surface area (TPSA) is 27.3 Å². The lowest BCUT2D eigenvalue weighted by atomic mass is 9.84. The maximum atomic E-state index is 3.63. The minimum atomic E-state index is 0.752. The molecular weight excluding hydrogens is 258 g/mol. The predicted octanol–water partition coefficient (Wildman–Crippen LogP) is 2.87. The summed E-state index contributed by atoms with van der Waals surface area (Å²) in [6.07, 6.45) is 9.93. The third kappa shape index (κ3) is 6.25. The highest BCUT2D eigenvalue weighted by Gasteiger charge is 2.24. The fraction of sp³-hybridized carbons (Fsp3) is 1.00. The highest BCUT2D eigenvalue weighted by atomic mass is 15.2. The molecule has 124 valence electrons. The Hall–Kier alpha value is -0.120. The van der Waals surface area contributed by atoms with Crippen LogP contribution in [0.2, 0.25) is 0 Å². The van der Waals surface area contributed by atoms with Crippen LogP contribution in [-0.4, -0.2) is 50.2 Å². The zero-order chi connectivity index (χ0) is 14.9. The summed E-state index contributed by atoms with van der Waals surface area (Å²) in [5.74, 6) is 1.70. The molecule has 2 fully saturated rings. The predicted molar refractivity (Wildman–Crippen MR) is 91.7 cm³/mol. The first-order valence-electron chi connectivity index (χ1n) is 9.43. The van der Waals surface area contributed by atoms with Crippen molar-refractivity contribution in [2.24, 2.45) is 11.8 Å². The summed E-state index contributed by atoms with van der Waals surface area (Å²) in [7, 11) is 0. The van der Waals surface area contributed by atoms with E-state index in [-0.39, 0.29) is 0 Å². The van der Waals surface area contributed by atoms with Gasteiger partial charge in [-0.05, 0) is 83.7 Å². The molecule has 0 amide bonds. The van der Waals surface area contributed by atoms with E-state index in [1.165, 1.54) is 71.1 Å². The summed E-state index contributed by atoms with van der Waals surface area (Å²) in [5, 5.41) is 7.25. The van der Waals surface area contributed by atoms with Crippen molar-refractivity contribution in [1.29, 1.82) is 0 Å². The molecule has 2 N–H and O–H groups in total. The summed E-state index contributed by atoms with van der Waals surface area (Å²) >= 11 is 0. The van der Waals surface area contributed by atoms with Gasteiger partial charge in [0.15, 0.2) is 0 Å². The zero-order valence-electron chi connectivity index (χ0n) is 14.4. The van der Waals surface area contributed by atoms with Crippen LogP contribution in [0.25, 0.3) is 0 Å². The Morgan fingerprint density at radius 1 is 0.857 bits per heavy atom. The molecule has 2 aliphatic rings. The molecule has 0 aromatic heterocycles. The monoisotopic (exact) mass is 295 g/mol. The van der Waals surface area contributed by atoms with E-state index < -0.39 is 0 Å². The van der Waals surface area contributed by atoms with Gasteiger partial charge in [0.1, 0.15) is 0 Å². The quantitative estimate of drug-likeness (QED) is 0.820. The summed E-state index contributed by atoms with van der Waals surface area (Å²) in [4.78, 5) is 2.78. The fourth-order valence-corrected chi connectivity index (χ4v) is 4.02.